The maximum Gasteiger partial charge on any atom is 0.277 e. The predicted molar refractivity (Wildman–Crippen MR) is 115 cm³/mol. The number of phenols is 2. The van der Waals surface area contributed by atoms with E-state index in [-0.39, 0.29) is 28.9 Å². The summed E-state index contributed by atoms with van der Waals surface area (Å²) in [6, 6.07) is 12.1. The number of hydrazone groups is 1. The number of carbonyl (C=O) groups excluding carboxylic acids is 1. The number of carbonyl (C=O) groups is 1. The van der Waals surface area contributed by atoms with E-state index in [1.807, 2.05) is 24.3 Å². The van der Waals surface area contributed by atoms with Crippen LogP contribution >= 0.6 is 0 Å². The van der Waals surface area contributed by atoms with Gasteiger partial charge in [0.15, 0.2) is 18.1 Å². The van der Waals surface area contributed by atoms with Gasteiger partial charge in [-0.2, -0.15) is 5.10 Å². The van der Waals surface area contributed by atoms with Gasteiger partial charge in [0.2, 0.25) is 0 Å². The van der Waals surface area contributed by atoms with Crippen LogP contribution in [0.15, 0.2) is 47.6 Å². The van der Waals surface area contributed by atoms with Crippen LogP contribution in [0, 0.1) is 5.41 Å². The van der Waals surface area contributed by atoms with Gasteiger partial charge in [-0.1, -0.05) is 46.8 Å². The number of nitrogens with zero attached hydrogens (tertiary/aromatic N) is 1. The van der Waals surface area contributed by atoms with E-state index in [0.29, 0.717) is 11.3 Å². The highest BCUT2D eigenvalue weighted by molar-refractivity contribution is 5.83. The lowest BCUT2D eigenvalue weighted by molar-refractivity contribution is -0.123. The van der Waals surface area contributed by atoms with Crippen LogP contribution in [-0.4, -0.2) is 28.9 Å². The molecule has 156 valence electrons. The lowest BCUT2D eigenvalue weighted by Gasteiger charge is -2.33. The van der Waals surface area contributed by atoms with Crippen LogP contribution in [-0.2, 0) is 10.2 Å². The molecule has 0 saturated heterocycles. The van der Waals surface area contributed by atoms with Crippen LogP contribution in [0.2, 0.25) is 0 Å². The highest BCUT2D eigenvalue weighted by Gasteiger charge is 2.27. The molecule has 6 nitrogen and oxygen atoms in total. The van der Waals surface area contributed by atoms with Crippen LogP contribution in [0.1, 0.15) is 52.2 Å². The van der Waals surface area contributed by atoms with E-state index in [2.05, 4.69) is 45.1 Å². The Morgan fingerprint density at radius 3 is 2.28 bits per heavy atom. The summed E-state index contributed by atoms with van der Waals surface area (Å²) >= 11 is 0. The van der Waals surface area contributed by atoms with E-state index in [1.54, 1.807) is 6.07 Å². The Labute approximate surface area is 172 Å². The van der Waals surface area contributed by atoms with Gasteiger partial charge in [-0.3, -0.25) is 4.79 Å². The lowest BCUT2D eigenvalue weighted by Crippen LogP contribution is -2.25. The van der Waals surface area contributed by atoms with Crippen molar-refractivity contribution in [3.63, 3.8) is 0 Å². The molecule has 0 aliphatic heterocycles. The fourth-order valence-corrected chi connectivity index (χ4v) is 3.41. The number of aromatic hydroxyl groups is 2. The molecule has 3 N–H and O–H groups in total. The molecule has 2 aromatic carbocycles. The quantitative estimate of drug-likeness (QED) is 0.368. The first-order valence-electron chi connectivity index (χ1n) is 9.53. The van der Waals surface area contributed by atoms with Gasteiger partial charge in [-0.15, -0.1) is 0 Å². The highest BCUT2D eigenvalue weighted by atomic mass is 16.5. The van der Waals surface area contributed by atoms with E-state index >= 15 is 0 Å². The van der Waals surface area contributed by atoms with E-state index < -0.39 is 5.91 Å². The van der Waals surface area contributed by atoms with E-state index in [9.17, 15) is 15.0 Å². The van der Waals surface area contributed by atoms with Crippen molar-refractivity contribution in [3.05, 3.63) is 53.6 Å². The van der Waals surface area contributed by atoms with Gasteiger partial charge < -0.3 is 14.9 Å². The average Bonchev–Trinajstić information content (AvgIpc) is 2.61. The molecule has 0 fully saturated rings. The molecule has 29 heavy (non-hydrogen) atoms. The summed E-state index contributed by atoms with van der Waals surface area (Å²) in [5, 5.41) is 22.5. The summed E-state index contributed by atoms with van der Waals surface area (Å²) in [6.07, 6.45) is 2.42. The van der Waals surface area contributed by atoms with Crippen LogP contribution in [0.5, 0.6) is 17.2 Å². The predicted octanol–water partition coefficient (Wildman–Crippen LogP) is 4.34. The lowest BCUT2D eigenvalue weighted by atomic mass is 9.72. The van der Waals surface area contributed by atoms with Crippen molar-refractivity contribution < 1.29 is 19.7 Å². The molecule has 0 spiro atoms. The summed E-state index contributed by atoms with van der Waals surface area (Å²) in [7, 11) is 0. The maximum atomic E-state index is 11.9. The minimum absolute atomic E-state index is 0.0472. The molecule has 0 aromatic heterocycles. The van der Waals surface area contributed by atoms with Crippen molar-refractivity contribution >= 4 is 12.1 Å². The second-order valence-corrected chi connectivity index (χ2v) is 8.98. The topological polar surface area (TPSA) is 91.2 Å². The van der Waals surface area contributed by atoms with Crippen LogP contribution in [0.25, 0.3) is 0 Å². The van der Waals surface area contributed by atoms with Gasteiger partial charge in [0.1, 0.15) is 5.75 Å². The van der Waals surface area contributed by atoms with Gasteiger partial charge in [-0.05, 0) is 58.7 Å². The summed E-state index contributed by atoms with van der Waals surface area (Å²) in [5.74, 6) is -0.255. The summed E-state index contributed by atoms with van der Waals surface area (Å²) < 4.78 is 5.51. The molecule has 0 aliphatic rings. The molecule has 0 unspecified atom stereocenters. The molecule has 0 bridgehead atoms. The molecule has 6 heteroatoms. The second kappa shape index (κ2) is 8.99. The number of ether oxygens (including phenoxy) is 1. The maximum absolute atomic E-state index is 11.9. The van der Waals surface area contributed by atoms with Gasteiger partial charge in [0.05, 0.1) is 6.21 Å². The highest BCUT2D eigenvalue weighted by Crippen LogP contribution is 2.36. The monoisotopic (exact) mass is 398 g/mol. The van der Waals surface area contributed by atoms with E-state index in [0.717, 1.165) is 6.42 Å². The van der Waals surface area contributed by atoms with Crippen LogP contribution in [0.3, 0.4) is 0 Å². The molecule has 0 radical (unpaired) electrons. The molecule has 1 amide bonds. The smallest absolute Gasteiger partial charge is 0.277 e. The fraction of sp³-hybridized carbons (Fsp3) is 0.391. The standard InChI is InChI=1S/C23H30N2O4/c1-22(2,3)15-23(4,5)17-7-9-18(10-8-17)29-14-21(28)25-24-13-16-6-11-19(26)20(27)12-16/h6-13,26-27H,14-15H2,1-5H3,(H,25,28). The minimum Gasteiger partial charge on any atom is -0.504 e. The molecular weight excluding hydrogens is 368 g/mol. The number of rotatable bonds is 7. The second-order valence-electron chi connectivity index (χ2n) is 8.98. The number of benzene rings is 2. The molecule has 2 aromatic rings. The number of hydrogen-bond donors (Lipinski definition) is 3. The summed E-state index contributed by atoms with van der Waals surface area (Å²) in [4.78, 5) is 11.9. The number of phenolic OH excluding ortho intramolecular Hbond substituents is 2. The Balaban J connectivity index is 1.85. The molecular formula is C23H30N2O4. The van der Waals surface area contributed by atoms with Gasteiger partial charge in [0.25, 0.3) is 5.91 Å². The molecule has 0 saturated carbocycles. The van der Waals surface area contributed by atoms with Gasteiger partial charge >= 0.3 is 0 Å². The Bertz CT molecular complexity index is 865. The van der Waals surface area contributed by atoms with Crippen molar-refractivity contribution in [1.29, 1.82) is 0 Å². The number of hydrogen-bond acceptors (Lipinski definition) is 5. The Morgan fingerprint density at radius 1 is 1.03 bits per heavy atom. The van der Waals surface area contributed by atoms with Crippen molar-refractivity contribution in [2.75, 3.05) is 6.61 Å². The third-order valence-electron chi connectivity index (χ3n) is 4.38. The number of nitrogens with one attached hydrogen (secondary N) is 1. The van der Waals surface area contributed by atoms with Crippen molar-refractivity contribution in [1.82, 2.24) is 5.43 Å². The molecule has 0 heterocycles. The molecule has 0 atom stereocenters. The van der Waals surface area contributed by atoms with Crippen LogP contribution < -0.4 is 10.2 Å². The summed E-state index contributed by atoms with van der Waals surface area (Å²) in [5.41, 5.74) is 4.40. The van der Waals surface area contributed by atoms with E-state index in [1.165, 1.54) is 23.9 Å². The zero-order valence-corrected chi connectivity index (χ0v) is 17.7. The largest absolute Gasteiger partial charge is 0.504 e. The Kier molecular flexibility index (Phi) is 6.90. The first-order chi connectivity index (χ1) is 13.5. The molecule has 2 rings (SSSR count). The SMILES string of the molecule is CC(C)(C)CC(C)(C)c1ccc(OCC(=O)NN=Cc2ccc(O)c(O)c2)cc1. The average molecular weight is 399 g/mol. The third-order valence-corrected chi connectivity index (χ3v) is 4.38. The number of amides is 1. The van der Waals surface area contributed by atoms with E-state index in [4.69, 9.17) is 4.74 Å². The normalized spacial score (nSPS) is 12.2. The molecule has 0 aliphatic carbocycles. The van der Waals surface area contributed by atoms with Crippen molar-refractivity contribution in [2.45, 2.75) is 46.5 Å². The van der Waals surface area contributed by atoms with Crippen molar-refractivity contribution in [2.24, 2.45) is 10.5 Å². The zero-order chi connectivity index (χ0) is 21.7. The zero-order valence-electron chi connectivity index (χ0n) is 17.7. The van der Waals surface area contributed by atoms with Crippen LogP contribution in [0.4, 0.5) is 0 Å². The first kappa shape index (κ1) is 22.3. The van der Waals surface area contributed by atoms with Gasteiger partial charge in [0, 0.05) is 0 Å². The van der Waals surface area contributed by atoms with Gasteiger partial charge in [-0.25, -0.2) is 5.43 Å². The minimum atomic E-state index is -0.401. The Hall–Kier alpha value is -3.02. The van der Waals surface area contributed by atoms with Crippen molar-refractivity contribution in [3.8, 4) is 17.2 Å². The first-order valence-corrected chi connectivity index (χ1v) is 9.53. The Morgan fingerprint density at radius 2 is 1.69 bits per heavy atom. The fourth-order valence-electron chi connectivity index (χ4n) is 3.41. The summed E-state index contributed by atoms with van der Waals surface area (Å²) in [6.45, 7) is 11.0. The third kappa shape index (κ3) is 7.14.